The number of hydrazone groups is 1. The number of halogens is 3. The van der Waals surface area contributed by atoms with E-state index in [1.54, 1.807) is 48.5 Å². The summed E-state index contributed by atoms with van der Waals surface area (Å²) >= 11 is 16.2. The first-order valence-corrected chi connectivity index (χ1v) is 14.5. The summed E-state index contributed by atoms with van der Waals surface area (Å²) in [6.07, 6.45) is 1.35. The highest BCUT2D eigenvalue weighted by molar-refractivity contribution is 9.10. The molecule has 12 heteroatoms. The highest BCUT2D eigenvalue weighted by atomic mass is 79.9. The molecule has 5 aromatic rings. The van der Waals surface area contributed by atoms with Crippen LogP contribution >= 0.6 is 39.1 Å². The quantitative estimate of drug-likeness (QED) is 0.0740. The van der Waals surface area contributed by atoms with E-state index in [2.05, 4.69) is 31.4 Å². The molecule has 0 aliphatic heterocycles. The van der Waals surface area contributed by atoms with E-state index < -0.39 is 17.8 Å². The largest absolute Gasteiger partial charge is 0.493 e. The number of hydrogen-bond acceptors (Lipinski definition) is 7. The van der Waals surface area contributed by atoms with Crippen molar-refractivity contribution >= 4 is 74.1 Å². The third-order valence-corrected chi connectivity index (χ3v) is 7.39. The van der Waals surface area contributed by atoms with E-state index in [1.807, 2.05) is 12.1 Å². The monoisotopic (exact) mass is 693 g/mol. The number of nitrogens with zero attached hydrogens (tertiary/aromatic N) is 1. The summed E-state index contributed by atoms with van der Waals surface area (Å²) < 4.78 is 16.6. The summed E-state index contributed by atoms with van der Waals surface area (Å²) in [6, 6.07) is 21.6. The van der Waals surface area contributed by atoms with E-state index in [9.17, 15) is 14.4 Å². The molecule has 0 fully saturated rings. The highest BCUT2D eigenvalue weighted by Gasteiger charge is 2.21. The van der Waals surface area contributed by atoms with Crippen LogP contribution < -0.4 is 19.6 Å². The average molecular weight is 695 g/mol. The number of carbonyl (C=O) groups is 3. The van der Waals surface area contributed by atoms with Crippen molar-refractivity contribution in [3.63, 3.8) is 0 Å². The van der Waals surface area contributed by atoms with E-state index in [4.69, 9.17) is 37.4 Å². The van der Waals surface area contributed by atoms with Crippen molar-refractivity contribution in [1.82, 2.24) is 10.4 Å². The lowest BCUT2D eigenvalue weighted by Gasteiger charge is -2.11. The molecule has 1 heterocycles. The van der Waals surface area contributed by atoms with Gasteiger partial charge in [0.25, 0.3) is 5.91 Å². The number of methoxy groups -OCH3 is 1. The molecule has 9 nitrogen and oxygen atoms in total. The number of nitrogens with one attached hydrogen (secondary N) is 2. The van der Waals surface area contributed by atoms with Crippen molar-refractivity contribution in [1.29, 1.82) is 0 Å². The van der Waals surface area contributed by atoms with Gasteiger partial charge >= 0.3 is 11.9 Å². The number of hydrogen-bond donors (Lipinski definition) is 2. The zero-order valence-corrected chi connectivity index (χ0v) is 26.2. The van der Waals surface area contributed by atoms with Crippen LogP contribution in [0.1, 0.15) is 33.3 Å². The number of amides is 1. The van der Waals surface area contributed by atoms with E-state index in [-0.39, 0.29) is 28.5 Å². The van der Waals surface area contributed by atoms with Gasteiger partial charge in [0.15, 0.2) is 11.5 Å². The van der Waals surface area contributed by atoms with Crippen LogP contribution in [0.4, 0.5) is 0 Å². The Morgan fingerprint density at radius 3 is 2.43 bits per heavy atom. The van der Waals surface area contributed by atoms with Crippen molar-refractivity contribution in [2.45, 2.75) is 6.92 Å². The molecule has 222 valence electrons. The lowest BCUT2D eigenvalue weighted by Crippen LogP contribution is -2.19. The van der Waals surface area contributed by atoms with Crippen molar-refractivity contribution in [3.8, 4) is 28.4 Å². The van der Waals surface area contributed by atoms with Gasteiger partial charge in [-0.15, -0.1) is 0 Å². The van der Waals surface area contributed by atoms with Gasteiger partial charge in [0.1, 0.15) is 11.4 Å². The van der Waals surface area contributed by atoms with Crippen LogP contribution in [-0.2, 0) is 4.79 Å². The molecule has 0 spiro atoms. The first-order chi connectivity index (χ1) is 21.1. The number of carbonyl (C=O) groups excluding carboxylic acids is 3. The third kappa shape index (κ3) is 6.78. The van der Waals surface area contributed by atoms with Crippen molar-refractivity contribution in [3.05, 3.63) is 110 Å². The summed E-state index contributed by atoms with van der Waals surface area (Å²) in [4.78, 5) is 40.9. The molecule has 0 aliphatic carbocycles. The molecule has 5 rings (SSSR count). The lowest BCUT2D eigenvalue weighted by molar-refractivity contribution is -0.132. The number of H-pyrrole nitrogens is 1. The smallest absolute Gasteiger partial charge is 0.343 e. The Bertz CT molecular complexity index is 1960. The molecular formula is C32H22BrCl2N3O6. The maximum atomic E-state index is 13.4. The maximum Gasteiger partial charge on any atom is 0.343 e. The summed E-state index contributed by atoms with van der Waals surface area (Å²) in [7, 11) is 1.39. The summed E-state index contributed by atoms with van der Waals surface area (Å²) in [5, 5.41) is 5.82. The van der Waals surface area contributed by atoms with Crippen LogP contribution in [0.3, 0.4) is 0 Å². The van der Waals surface area contributed by atoms with Crippen LogP contribution in [0.5, 0.6) is 17.2 Å². The van der Waals surface area contributed by atoms with E-state index in [0.29, 0.717) is 36.7 Å². The van der Waals surface area contributed by atoms with Gasteiger partial charge in [-0.05, 0) is 60.7 Å². The number of fused-ring (bicyclic) bond motifs is 1. The number of benzene rings is 4. The van der Waals surface area contributed by atoms with Gasteiger partial charge in [-0.1, -0.05) is 57.3 Å². The minimum absolute atomic E-state index is 0.155. The molecule has 0 aliphatic rings. The molecule has 0 bridgehead atoms. The Kier molecular flexibility index (Phi) is 9.34. The molecule has 0 radical (unpaired) electrons. The first-order valence-electron chi connectivity index (χ1n) is 12.9. The molecule has 0 unspecified atom stereocenters. The van der Waals surface area contributed by atoms with E-state index in [1.165, 1.54) is 38.4 Å². The highest BCUT2D eigenvalue weighted by Crippen LogP contribution is 2.37. The topological polar surface area (TPSA) is 119 Å². The lowest BCUT2D eigenvalue weighted by atomic mass is 10.0. The van der Waals surface area contributed by atoms with Crippen molar-refractivity contribution < 1.29 is 28.6 Å². The number of ether oxygens (including phenoxy) is 3. The molecule has 44 heavy (non-hydrogen) atoms. The van der Waals surface area contributed by atoms with Gasteiger partial charge in [0, 0.05) is 49.0 Å². The normalized spacial score (nSPS) is 11.0. The SMILES string of the molecule is COc1cc(C(=O)Oc2ccc(Br)cc2C=NNC(=O)c2[nH]c3ccc(Cl)cc3c2-c2ccccc2Cl)ccc1OC(C)=O. The fourth-order valence-electron chi connectivity index (χ4n) is 4.40. The Balaban J connectivity index is 1.40. The second-order valence-electron chi connectivity index (χ2n) is 9.27. The Labute approximate surface area is 269 Å². The molecule has 0 atom stereocenters. The number of esters is 2. The summed E-state index contributed by atoms with van der Waals surface area (Å²) in [5.41, 5.74) is 5.23. The zero-order valence-electron chi connectivity index (χ0n) is 23.1. The Hall–Kier alpha value is -4.64. The molecule has 0 saturated carbocycles. The fraction of sp³-hybridized carbons (Fsp3) is 0.0625. The maximum absolute atomic E-state index is 13.4. The third-order valence-electron chi connectivity index (χ3n) is 6.33. The fourth-order valence-corrected chi connectivity index (χ4v) is 5.18. The van der Waals surface area contributed by atoms with Gasteiger partial charge in [0.05, 0.1) is 18.9 Å². The van der Waals surface area contributed by atoms with Crippen LogP contribution in [0, 0.1) is 0 Å². The number of aromatic amines is 1. The van der Waals surface area contributed by atoms with E-state index in [0.717, 1.165) is 5.39 Å². The van der Waals surface area contributed by atoms with E-state index >= 15 is 0 Å². The van der Waals surface area contributed by atoms with Crippen LogP contribution in [0.15, 0.2) is 88.4 Å². The average Bonchev–Trinajstić information content (AvgIpc) is 3.37. The summed E-state index contributed by atoms with van der Waals surface area (Å²) in [6.45, 7) is 1.26. The number of rotatable bonds is 8. The van der Waals surface area contributed by atoms with Gasteiger partial charge in [-0.2, -0.15) is 5.10 Å². The van der Waals surface area contributed by atoms with Gasteiger partial charge in [-0.25, -0.2) is 10.2 Å². The van der Waals surface area contributed by atoms with Crippen LogP contribution in [0.2, 0.25) is 10.0 Å². The predicted molar refractivity (Wildman–Crippen MR) is 172 cm³/mol. The molecule has 0 saturated heterocycles. The van der Waals surface area contributed by atoms with Crippen molar-refractivity contribution in [2.24, 2.45) is 5.10 Å². The molecule has 4 aromatic carbocycles. The van der Waals surface area contributed by atoms with Gasteiger partial charge < -0.3 is 19.2 Å². The minimum Gasteiger partial charge on any atom is -0.493 e. The number of aromatic nitrogens is 1. The second kappa shape index (κ2) is 13.3. The molecular weight excluding hydrogens is 673 g/mol. The molecule has 1 aromatic heterocycles. The van der Waals surface area contributed by atoms with Gasteiger partial charge in [-0.3, -0.25) is 9.59 Å². The Morgan fingerprint density at radius 1 is 0.909 bits per heavy atom. The molecule has 2 N–H and O–H groups in total. The van der Waals surface area contributed by atoms with Crippen molar-refractivity contribution in [2.75, 3.05) is 7.11 Å². The zero-order chi connectivity index (χ0) is 31.4. The Morgan fingerprint density at radius 2 is 1.68 bits per heavy atom. The summed E-state index contributed by atoms with van der Waals surface area (Å²) in [5.74, 6) is -1.23. The minimum atomic E-state index is -0.695. The van der Waals surface area contributed by atoms with Crippen LogP contribution in [0.25, 0.3) is 22.0 Å². The molecule has 1 amide bonds. The van der Waals surface area contributed by atoms with Crippen LogP contribution in [-0.4, -0.2) is 36.2 Å². The first kappa shape index (κ1) is 30.8. The second-order valence-corrected chi connectivity index (χ2v) is 11.0. The standard InChI is InChI=1S/C32H22BrCl2N3O6/c1-17(39)43-27-11-7-18(14-28(27)42-2)32(41)44-26-12-8-20(33)13-19(26)16-36-38-31(40)30-29(22-5-3-4-6-24(22)35)23-15-21(34)9-10-25(23)37-30/h3-16,37H,1-2H3,(H,38,40). The van der Waals surface area contributed by atoms with Gasteiger partial charge in [0.2, 0.25) is 0 Å². The predicted octanol–water partition coefficient (Wildman–Crippen LogP) is 7.82.